The second kappa shape index (κ2) is 7.67. The van der Waals surface area contributed by atoms with Crippen molar-refractivity contribution >= 4 is 14.1 Å². The van der Waals surface area contributed by atoms with Gasteiger partial charge >= 0.3 is 0 Å². The summed E-state index contributed by atoms with van der Waals surface area (Å²) in [6.45, 7) is 12.7. The first-order valence-electron chi connectivity index (χ1n) is 6.90. The largest absolute Gasteiger partial charge is 0.411 e. The maximum Gasteiger partial charge on any atom is 0.192 e. The van der Waals surface area contributed by atoms with Crippen molar-refractivity contribution in [1.29, 1.82) is 0 Å². The summed E-state index contributed by atoms with van der Waals surface area (Å²) in [5, 5.41) is 0.168. The number of allylic oxidation sites excluding steroid dienone is 1. The summed E-state index contributed by atoms with van der Waals surface area (Å²) < 4.78 is 6.33. The maximum atomic E-state index is 11.1. The molecule has 0 aromatic heterocycles. The van der Waals surface area contributed by atoms with E-state index >= 15 is 0 Å². The molecule has 0 saturated carbocycles. The Morgan fingerprint density at radius 1 is 1.42 bits per heavy atom. The first kappa shape index (κ1) is 18.1. The Morgan fingerprint density at radius 3 is 2.42 bits per heavy atom. The summed E-state index contributed by atoms with van der Waals surface area (Å²) in [6.07, 6.45) is 11.3. The van der Waals surface area contributed by atoms with Crippen LogP contribution < -0.4 is 0 Å². The highest BCUT2D eigenvalue weighted by Crippen LogP contribution is 2.37. The van der Waals surface area contributed by atoms with Gasteiger partial charge in [0, 0.05) is 6.42 Å². The molecule has 0 aromatic carbocycles. The third-order valence-electron chi connectivity index (χ3n) is 3.61. The molecule has 0 N–H and O–H groups in total. The van der Waals surface area contributed by atoms with E-state index in [0.29, 0.717) is 0 Å². The number of ketones is 1. The molecule has 0 rings (SSSR count). The molecule has 3 heteroatoms. The fourth-order valence-corrected chi connectivity index (χ4v) is 2.70. The molecule has 0 saturated heterocycles. The molecule has 0 amide bonds. The number of terminal acetylenes is 1. The highest BCUT2D eigenvalue weighted by molar-refractivity contribution is 6.74. The molecule has 0 heterocycles. The quantitative estimate of drug-likeness (QED) is 0.300. The van der Waals surface area contributed by atoms with Crippen LogP contribution in [0.4, 0.5) is 0 Å². The van der Waals surface area contributed by atoms with Gasteiger partial charge in [-0.1, -0.05) is 26.8 Å². The Kier molecular flexibility index (Phi) is 7.32. The van der Waals surface area contributed by atoms with Gasteiger partial charge in [-0.25, -0.2) is 0 Å². The minimum absolute atomic E-state index is 0.00172. The van der Waals surface area contributed by atoms with Crippen molar-refractivity contribution in [2.75, 3.05) is 0 Å². The topological polar surface area (TPSA) is 26.3 Å². The van der Waals surface area contributed by atoms with Gasteiger partial charge in [0.25, 0.3) is 0 Å². The van der Waals surface area contributed by atoms with E-state index in [0.717, 1.165) is 19.3 Å². The predicted octanol–water partition coefficient (Wildman–Crippen LogP) is 4.33. The lowest BCUT2D eigenvalue weighted by molar-refractivity contribution is -0.112. The monoisotopic (exact) mass is 280 g/mol. The van der Waals surface area contributed by atoms with Gasteiger partial charge in [-0.2, -0.15) is 0 Å². The van der Waals surface area contributed by atoms with Crippen LogP contribution in [0, 0.1) is 12.3 Å². The molecule has 108 valence electrons. The van der Waals surface area contributed by atoms with Crippen molar-refractivity contribution in [2.24, 2.45) is 0 Å². The van der Waals surface area contributed by atoms with Crippen molar-refractivity contribution < 1.29 is 9.22 Å². The van der Waals surface area contributed by atoms with Crippen LogP contribution in [-0.2, 0) is 9.22 Å². The molecule has 0 aliphatic heterocycles. The first-order chi connectivity index (χ1) is 8.60. The van der Waals surface area contributed by atoms with Crippen molar-refractivity contribution in [2.45, 2.75) is 71.2 Å². The van der Waals surface area contributed by atoms with E-state index < -0.39 is 8.32 Å². The lowest BCUT2D eigenvalue weighted by atomic mass is 10.1. The predicted molar refractivity (Wildman–Crippen MR) is 84.6 cm³/mol. The second-order valence-electron chi connectivity index (χ2n) is 6.48. The van der Waals surface area contributed by atoms with Crippen LogP contribution in [0.1, 0.15) is 47.0 Å². The lowest BCUT2D eigenvalue weighted by Gasteiger charge is -2.38. The van der Waals surface area contributed by atoms with Gasteiger partial charge in [-0.05, 0) is 44.0 Å². The number of carbonyl (C=O) groups excluding carboxylic acids is 1. The second-order valence-corrected chi connectivity index (χ2v) is 11.2. The summed E-state index contributed by atoms with van der Waals surface area (Å²) >= 11 is 0. The van der Waals surface area contributed by atoms with Crippen LogP contribution in [0.5, 0.6) is 0 Å². The van der Waals surface area contributed by atoms with E-state index in [1.165, 1.54) is 0 Å². The van der Waals surface area contributed by atoms with Gasteiger partial charge in [-0.3, -0.25) is 4.79 Å². The van der Waals surface area contributed by atoms with Gasteiger partial charge in [0.15, 0.2) is 14.1 Å². The number of rotatable bonds is 7. The van der Waals surface area contributed by atoms with E-state index in [-0.39, 0.29) is 16.9 Å². The molecular weight excluding hydrogens is 252 g/mol. The smallest absolute Gasteiger partial charge is 0.192 e. The van der Waals surface area contributed by atoms with E-state index in [1.807, 2.05) is 6.08 Å². The highest BCUT2D eigenvalue weighted by Gasteiger charge is 2.38. The molecule has 0 radical (unpaired) electrons. The minimum atomic E-state index is -1.81. The maximum absolute atomic E-state index is 11.1. The fourth-order valence-electron chi connectivity index (χ4n) is 1.40. The molecule has 19 heavy (non-hydrogen) atoms. The molecule has 1 atom stereocenters. The van der Waals surface area contributed by atoms with Crippen LogP contribution in [0.15, 0.2) is 12.2 Å². The summed E-state index contributed by atoms with van der Waals surface area (Å²) in [6, 6.07) is 0. The SMILES string of the molecule is C#CCCCC(/C=C/C(C)=O)O[Si](C)(C)C(C)(C)C. The third kappa shape index (κ3) is 7.34. The van der Waals surface area contributed by atoms with E-state index in [4.69, 9.17) is 10.8 Å². The van der Waals surface area contributed by atoms with Gasteiger partial charge in [0.1, 0.15) is 0 Å². The van der Waals surface area contributed by atoms with Crippen molar-refractivity contribution in [3.8, 4) is 12.3 Å². The summed E-state index contributed by atoms with van der Waals surface area (Å²) in [5.41, 5.74) is 0. The molecule has 0 spiro atoms. The van der Waals surface area contributed by atoms with Crippen molar-refractivity contribution in [3.05, 3.63) is 12.2 Å². The molecule has 2 nitrogen and oxygen atoms in total. The van der Waals surface area contributed by atoms with Crippen molar-refractivity contribution in [3.63, 3.8) is 0 Å². The summed E-state index contributed by atoms with van der Waals surface area (Å²) in [4.78, 5) is 11.1. The van der Waals surface area contributed by atoms with Crippen LogP contribution in [0.25, 0.3) is 0 Å². The molecule has 0 fully saturated rings. The number of unbranched alkanes of at least 4 members (excludes halogenated alkanes) is 1. The zero-order chi connectivity index (χ0) is 15.1. The van der Waals surface area contributed by atoms with Crippen LogP contribution in [0.2, 0.25) is 18.1 Å². The van der Waals surface area contributed by atoms with E-state index in [2.05, 4.69) is 39.8 Å². The average molecular weight is 280 g/mol. The standard InChI is InChI=1S/C16H28O2Si/c1-8-9-10-11-15(13-12-14(2)17)18-19(6,7)16(3,4)5/h1,12-13,15H,9-11H2,2-7H3/b13-12+. The zero-order valence-electron chi connectivity index (χ0n) is 13.2. The van der Waals surface area contributed by atoms with Gasteiger partial charge in [0.05, 0.1) is 6.10 Å². The first-order valence-corrected chi connectivity index (χ1v) is 9.81. The fraction of sp³-hybridized carbons (Fsp3) is 0.688. The molecule has 0 aliphatic rings. The number of hydrogen-bond acceptors (Lipinski definition) is 2. The highest BCUT2D eigenvalue weighted by atomic mass is 28.4. The van der Waals surface area contributed by atoms with Crippen LogP contribution in [-0.4, -0.2) is 20.2 Å². The summed E-state index contributed by atoms with van der Waals surface area (Å²) in [7, 11) is -1.81. The summed E-state index contributed by atoms with van der Waals surface area (Å²) in [5.74, 6) is 2.70. The molecule has 0 aromatic rings. The molecule has 1 unspecified atom stereocenters. The minimum Gasteiger partial charge on any atom is -0.411 e. The third-order valence-corrected chi connectivity index (χ3v) is 8.11. The normalized spacial score (nSPS) is 14.4. The Labute approximate surface area is 119 Å². The molecule has 0 bridgehead atoms. The van der Waals surface area contributed by atoms with Crippen LogP contribution >= 0.6 is 0 Å². The Balaban J connectivity index is 4.75. The van der Waals surface area contributed by atoms with E-state index in [1.54, 1.807) is 13.0 Å². The Bertz CT molecular complexity index is 356. The number of hydrogen-bond donors (Lipinski definition) is 0. The Hall–Kier alpha value is -0.853. The Morgan fingerprint density at radius 2 is 2.00 bits per heavy atom. The lowest BCUT2D eigenvalue weighted by Crippen LogP contribution is -2.43. The van der Waals surface area contributed by atoms with Crippen LogP contribution in [0.3, 0.4) is 0 Å². The molecule has 0 aliphatic carbocycles. The molecular formula is C16H28O2Si. The average Bonchev–Trinajstić information content (AvgIpc) is 2.24. The zero-order valence-corrected chi connectivity index (χ0v) is 14.2. The van der Waals surface area contributed by atoms with Gasteiger partial charge < -0.3 is 4.43 Å². The van der Waals surface area contributed by atoms with Crippen molar-refractivity contribution in [1.82, 2.24) is 0 Å². The van der Waals surface area contributed by atoms with E-state index in [9.17, 15) is 4.79 Å². The van der Waals surface area contributed by atoms with Gasteiger partial charge in [-0.15, -0.1) is 12.3 Å². The van der Waals surface area contributed by atoms with Gasteiger partial charge in [0.2, 0.25) is 0 Å². The number of carbonyl (C=O) groups is 1.